The number of nitriles is 1. The highest BCUT2D eigenvalue weighted by molar-refractivity contribution is 5.83. The molecule has 0 aliphatic carbocycles. The Morgan fingerprint density at radius 1 is 1.28 bits per heavy atom. The van der Waals surface area contributed by atoms with Crippen LogP contribution in [-0.4, -0.2) is 47.7 Å². The van der Waals surface area contributed by atoms with Crippen molar-refractivity contribution in [3.63, 3.8) is 0 Å². The van der Waals surface area contributed by atoms with Crippen LogP contribution in [0.1, 0.15) is 16.7 Å². The Morgan fingerprint density at radius 2 is 2.14 bits per heavy atom. The fraction of sp³-hybridized carbons (Fsp3) is 0.238. The second-order valence-corrected chi connectivity index (χ2v) is 6.71. The predicted molar refractivity (Wildman–Crippen MR) is 112 cm³/mol. The van der Waals surface area contributed by atoms with Gasteiger partial charge in [-0.15, -0.1) is 0 Å². The summed E-state index contributed by atoms with van der Waals surface area (Å²) in [7, 11) is 0. The lowest BCUT2D eigenvalue weighted by molar-refractivity contribution is 0.122. The number of anilines is 3. The SMILES string of the molecule is Cc1cccc(Nc2[nH]nc(N=Cc3ccc(N4CCOCC4)nc3)c2C#N)c1. The molecule has 4 rings (SSSR count). The largest absolute Gasteiger partial charge is 0.378 e. The van der Waals surface area contributed by atoms with Crippen molar-refractivity contribution in [2.24, 2.45) is 4.99 Å². The third kappa shape index (κ3) is 4.42. The van der Waals surface area contributed by atoms with Crippen LogP contribution in [0, 0.1) is 18.3 Å². The summed E-state index contributed by atoms with van der Waals surface area (Å²) in [6.45, 7) is 5.14. The van der Waals surface area contributed by atoms with E-state index in [4.69, 9.17) is 4.74 Å². The van der Waals surface area contributed by atoms with E-state index in [2.05, 4.69) is 36.5 Å². The zero-order valence-electron chi connectivity index (χ0n) is 16.1. The second-order valence-electron chi connectivity index (χ2n) is 6.71. The molecule has 1 aliphatic heterocycles. The first-order valence-electron chi connectivity index (χ1n) is 9.38. The van der Waals surface area contributed by atoms with E-state index in [1.54, 1.807) is 12.4 Å². The number of aryl methyl sites for hydroxylation is 1. The Hall–Kier alpha value is -3.70. The van der Waals surface area contributed by atoms with E-state index in [-0.39, 0.29) is 0 Å². The number of nitrogens with one attached hydrogen (secondary N) is 2. The van der Waals surface area contributed by atoms with Gasteiger partial charge in [0.05, 0.1) is 13.2 Å². The van der Waals surface area contributed by atoms with Gasteiger partial charge < -0.3 is 15.0 Å². The topological polar surface area (TPSA) is 102 Å². The number of rotatable bonds is 5. The average Bonchev–Trinajstić information content (AvgIpc) is 3.14. The van der Waals surface area contributed by atoms with Crippen molar-refractivity contribution in [3.8, 4) is 6.07 Å². The van der Waals surface area contributed by atoms with E-state index in [1.165, 1.54) is 0 Å². The van der Waals surface area contributed by atoms with Crippen LogP contribution >= 0.6 is 0 Å². The zero-order chi connectivity index (χ0) is 20.1. The molecule has 2 N–H and O–H groups in total. The van der Waals surface area contributed by atoms with Gasteiger partial charge in [0.15, 0.2) is 5.82 Å². The molecule has 146 valence electrons. The molecule has 29 heavy (non-hydrogen) atoms. The quantitative estimate of drug-likeness (QED) is 0.651. The molecule has 0 bridgehead atoms. The van der Waals surface area contributed by atoms with Crippen molar-refractivity contribution in [2.75, 3.05) is 36.5 Å². The number of morpholine rings is 1. The van der Waals surface area contributed by atoms with Crippen molar-refractivity contribution in [1.82, 2.24) is 15.2 Å². The molecule has 8 nitrogen and oxygen atoms in total. The Morgan fingerprint density at radius 3 is 2.86 bits per heavy atom. The van der Waals surface area contributed by atoms with Crippen molar-refractivity contribution < 1.29 is 4.74 Å². The van der Waals surface area contributed by atoms with E-state index in [1.807, 2.05) is 43.3 Å². The number of pyridine rings is 1. The van der Waals surface area contributed by atoms with E-state index < -0.39 is 0 Å². The molecule has 0 amide bonds. The number of hydrogen-bond acceptors (Lipinski definition) is 7. The summed E-state index contributed by atoms with van der Waals surface area (Å²) < 4.78 is 5.37. The van der Waals surface area contributed by atoms with Gasteiger partial charge in [0, 0.05) is 36.8 Å². The van der Waals surface area contributed by atoms with E-state index in [0.29, 0.717) is 17.2 Å². The van der Waals surface area contributed by atoms with Crippen LogP contribution < -0.4 is 10.2 Å². The number of hydrogen-bond donors (Lipinski definition) is 2. The number of benzene rings is 1. The molecule has 3 aromatic rings. The number of ether oxygens (including phenoxy) is 1. The van der Waals surface area contributed by atoms with Gasteiger partial charge in [-0.25, -0.2) is 9.98 Å². The molecule has 2 aromatic heterocycles. The predicted octanol–water partition coefficient (Wildman–Crippen LogP) is 3.32. The third-order valence-corrected chi connectivity index (χ3v) is 4.59. The Kier molecular flexibility index (Phi) is 5.49. The third-order valence-electron chi connectivity index (χ3n) is 4.59. The molecule has 1 fully saturated rings. The van der Waals surface area contributed by atoms with Crippen LogP contribution in [-0.2, 0) is 4.74 Å². The highest BCUT2D eigenvalue weighted by Gasteiger charge is 2.13. The van der Waals surface area contributed by atoms with E-state index >= 15 is 0 Å². The van der Waals surface area contributed by atoms with Crippen LogP contribution in [0.4, 0.5) is 23.1 Å². The average molecular weight is 387 g/mol. The van der Waals surface area contributed by atoms with Crippen LogP contribution in [0.3, 0.4) is 0 Å². The van der Waals surface area contributed by atoms with Gasteiger partial charge in [0.2, 0.25) is 0 Å². The summed E-state index contributed by atoms with van der Waals surface area (Å²) >= 11 is 0. The monoisotopic (exact) mass is 387 g/mol. The summed E-state index contributed by atoms with van der Waals surface area (Å²) in [4.78, 5) is 11.1. The van der Waals surface area contributed by atoms with Crippen molar-refractivity contribution in [3.05, 3.63) is 59.3 Å². The van der Waals surface area contributed by atoms with Crippen LogP contribution in [0.25, 0.3) is 0 Å². The molecule has 8 heteroatoms. The molecule has 3 heterocycles. The zero-order valence-corrected chi connectivity index (χ0v) is 16.1. The smallest absolute Gasteiger partial charge is 0.193 e. The van der Waals surface area contributed by atoms with E-state index in [0.717, 1.165) is 48.9 Å². The second kappa shape index (κ2) is 8.54. The normalized spacial score (nSPS) is 14.1. The fourth-order valence-electron chi connectivity index (χ4n) is 3.08. The maximum Gasteiger partial charge on any atom is 0.193 e. The van der Waals surface area contributed by atoms with Gasteiger partial charge >= 0.3 is 0 Å². The maximum absolute atomic E-state index is 9.55. The number of aliphatic imine (C=N–C) groups is 1. The minimum absolute atomic E-state index is 0.333. The minimum Gasteiger partial charge on any atom is -0.378 e. The highest BCUT2D eigenvalue weighted by Crippen LogP contribution is 2.26. The van der Waals surface area contributed by atoms with Gasteiger partial charge in [-0.3, -0.25) is 5.10 Å². The van der Waals surface area contributed by atoms with Crippen molar-refractivity contribution in [1.29, 1.82) is 5.26 Å². The summed E-state index contributed by atoms with van der Waals surface area (Å²) in [5.41, 5.74) is 3.20. The minimum atomic E-state index is 0.333. The molecule has 0 unspecified atom stereocenters. The molecule has 0 spiro atoms. The first-order valence-corrected chi connectivity index (χ1v) is 9.38. The standard InChI is InChI=1S/C21H21N7O/c1-15-3-2-4-17(11-15)25-21-18(12-22)20(26-27-21)24-14-16-5-6-19(23-13-16)28-7-9-29-10-8-28/h2-6,11,13-14H,7-10H2,1H3,(H2,25,26,27). The summed E-state index contributed by atoms with van der Waals surface area (Å²) in [6.07, 6.45) is 3.42. The fourth-order valence-corrected chi connectivity index (χ4v) is 3.08. The Labute approximate surface area is 168 Å². The molecule has 1 aromatic carbocycles. The number of aromatic nitrogens is 3. The summed E-state index contributed by atoms with van der Waals surface area (Å²) in [5.74, 6) is 1.78. The van der Waals surface area contributed by atoms with Crippen molar-refractivity contribution >= 4 is 29.4 Å². The molecule has 1 saturated heterocycles. The van der Waals surface area contributed by atoms with Gasteiger partial charge in [-0.05, 0) is 36.8 Å². The molecule has 0 atom stereocenters. The lowest BCUT2D eigenvalue weighted by Crippen LogP contribution is -2.36. The van der Waals surface area contributed by atoms with Gasteiger partial charge in [0.1, 0.15) is 23.3 Å². The van der Waals surface area contributed by atoms with Gasteiger partial charge in [-0.2, -0.15) is 10.4 Å². The van der Waals surface area contributed by atoms with Crippen LogP contribution in [0.15, 0.2) is 47.6 Å². The van der Waals surface area contributed by atoms with Gasteiger partial charge in [-0.1, -0.05) is 12.1 Å². The van der Waals surface area contributed by atoms with E-state index in [9.17, 15) is 5.26 Å². The van der Waals surface area contributed by atoms with Gasteiger partial charge in [0.25, 0.3) is 0 Å². The highest BCUT2D eigenvalue weighted by atomic mass is 16.5. The summed E-state index contributed by atoms with van der Waals surface area (Å²) in [6, 6.07) is 14.0. The maximum atomic E-state index is 9.55. The molecule has 0 saturated carbocycles. The molecular formula is C21H21N7O. The lowest BCUT2D eigenvalue weighted by atomic mass is 10.2. The lowest BCUT2D eigenvalue weighted by Gasteiger charge is -2.27. The van der Waals surface area contributed by atoms with Crippen molar-refractivity contribution in [2.45, 2.75) is 6.92 Å². The van der Waals surface area contributed by atoms with Crippen LogP contribution in [0.2, 0.25) is 0 Å². The van der Waals surface area contributed by atoms with Crippen LogP contribution in [0.5, 0.6) is 0 Å². The first kappa shape index (κ1) is 18.7. The number of aromatic amines is 1. The summed E-state index contributed by atoms with van der Waals surface area (Å²) in [5, 5.41) is 19.7. The Bertz CT molecular complexity index is 1040. The Balaban J connectivity index is 1.48. The molecule has 0 radical (unpaired) electrons. The molecular weight excluding hydrogens is 366 g/mol. The molecule has 1 aliphatic rings. The first-order chi connectivity index (χ1) is 14.2. The number of H-pyrrole nitrogens is 1. The number of nitrogens with zero attached hydrogens (tertiary/aromatic N) is 5.